The predicted octanol–water partition coefficient (Wildman–Crippen LogP) is 4.07. The number of esters is 2. The highest BCUT2D eigenvalue weighted by Crippen LogP contribution is 2.35. The first-order valence-corrected chi connectivity index (χ1v) is 15.1. The molecule has 17 heteroatoms. The van der Waals surface area contributed by atoms with Gasteiger partial charge in [0.15, 0.2) is 5.69 Å². The number of fused-ring (bicyclic) bond motifs is 4. The van der Waals surface area contributed by atoms with Crippen LogP contribution in [0.3, 0.4) is 0 Å². The van der Waals surface area contributed by atoms with E-state index in [2.05, 4.69) is 36.5 Å². The second-order valence-corrected chi connectivity index (χ2v) is 11.0. The van der Waals surface area contributed by atoms with E-state index in [1.807, 2.05) is 0 Å². The van der Waals surface area contributed by atoms with E-state index in [9.17, 15) is 19.2 Å². The molecule has 1 aliphatic heterocycles. The second kappa shape index (κ2) is 15.2. The fourth-order valence-corrected chi connectivity index (χ4v) is 5.38. The van der Waals surface area contributed by atoms with Crippen molar-refractivity contribution in [1.82, 2.24) is 35.5 Å². The number of tetrazole rings is 1. The van der Waals surface area contributed by atoms with E-state index in [1.54, 1.807) is 42.5 Å². The van der Waals surface area contributed by atoms with Crippen LogP contribution in [-0.2, 0) is 23.8 Å². The van der Waals surface area contributed by atoms with Gasteiger partial charge in [0.1, 0.15) is 23.9 Å². The number of hydrogen-bond donors (Lipinski definition) is 4. The second-order valence-electron chi connectivity index (χ2n) is 10.6. The summed E-state index contributed by atoms with van der Waals surface area (Å²) >= 11 is 6.22. The normalized spacial score (nSPS) is 16.0. The van der Waals surface area contributed by atoms with Crippen molar-refractivity contribution in [2.45, 2.75) is 37.8 Å². The lowest BCUT2D eigenvalue weighted by Crippen LogP contribution is -2.31. The zero-order valence-electron chi connectivity index (χ0n) is 26.2. The summed E-state index contributed by atoms with van der Waals surface area (Å²) in [6, 6.07) is 8.46. The van der Waals surface area contributed by atoms with Gasteiger partial charge in [0.2, 0.25) is 5.91 Å². The molecule has 2 aromatic heterocycles. The van der Waals surface area contributed by atoms with Gasteiger partial charge in [-0.1, -0.05) is 24.4 Å². The third-order valence-corrected chi connectivity index (χ3v) is 7.75. The van der Waals surface area contributed by atoms with E-state index in [-0.39, 0.29) is 11.4 Å². The Morgan fingerprint density at radius 2 is 1.83 bits per heavy atom. The quantitative estimate of drug-likeness (QED) is 0.124. The Bertz CT molecular complexity index is 1840. The molecule has 16 nitrogen and oxygen atoms in total. The average Bonchev–Trinajstić information content (AvgIpc) is 3.78. The number of nitrogens with one attached hydrogen (secondary N) is 4. The van der Waals surface area contributed by atoms with E-state index in [4.69, 9.17) is 30.8 Å². The minimum atomic E-state index is -0.774. The molecule has 48 heavy (non-hydrogen) atoms. The van der Waals surface area contributed by atoms with Gasteiger partial charge in [-0.2, -0.15) is 4.68 Å². The number of benzene rings is 2. The van der Waals surface area contributed by atoms with Gasteiger partial charge in [0.25, 0.3) is 0 Å². The fraction of sp³-hybridized carbons (Fsp3) is 0.290. The smallest absolute Gasteiger partial charge is 0.411 e. The fourth-order valence-electron chi connectivity index (χ4n) is 5.20. The summed E-state index contributed by atoms with van der Waals surface area (Å²) in [7, 11) is 3.76. The van der Waals surface area contributed by atoms with E-state index in [1.165, 1.54) is 38.4 Å². The van der Waals surface area contributed by atoms with Crippen LogP contribution in [0.5, 0.6) is 0 Å². The molecule has 4 N–H and O–H groups in total. The van der Waals surface area contributed by atoms with Crippen LogP contribution >= 0.6 is 11.6 Å². The lowest BCUT2D eigenvalue weighted by molar-refractivity contribution is -0.141. The largest absolute Gasteiger partial charge is 0.467 e. The summed E-state index contributed by atoms with van der Waals surface area (Å²) in [4.78, 5) is 58.9. The number of anilines is 2. The van der Waals surface area contributed by atoms with Crippen molar-refractivity contribution < 1.29 is 33.4 Å². The molecule has 0 aliphatic carbocycles. The first kappa shape index (κ1) is 33.6. The lowest BCUT2D eigenvalue weighted by Gasteiger charge is -2.22. The topological polar surface area (TPSA) is 204 Å². The number of hydrogen-bond acceptors (Lipinski definition) is 12. The van der Waals surface area contributed by atoms with Gasteiger partial charge in [-0.3, -0.25) is 10.1 Å². The predicted molar refractivity (Wildman–Crippen MR) is 173 cm³/mol. The Balaban J connectivity index is 1.52. The Hall–Kier alpha value is -5.77. The molecule has 0 spiro atoms. The van der Waals surface area contributed by atoms with Crippen molar-refractivity contribution in [3.8, 4) is 16.9 Å². The number of ether oxygens (including phenoxy) is 3. The number of H-pyrrole nitrogens is 1. The molecule has 0 saturated carbocycles. The number of aromatic nitrogens is 6. The highest BCUT2D eigenvalue weighted by atomic mass is 35.5. The molecular formula is C31H32ClN9O7. The van der Waals surface area contributed by atoms with Gasteiger partial charge < -0.3 is 29.8 Å². The first-order chi connectivity index (χ1) is 23.2. The summed E-state index contributed by atoms with van der Waals surface area (Å²) in [5.41, 5.74) is 2.59. The number of imidazole rings is 1. The first-order valence-electron chi connectivity index (χ1n) is 14.7. The zero-order valence-corrected chi connectivity index (χ0v) is 26.9. The van der Waals surface area contributed by atoms with E-state index < -0.39 is 36.0 Å². The van der Waals surface area contributed by atoms with Gasteiger partial charge >= 0.3 is 18.0 Å². The number of nitrogens with zero attached hydrogens (tertiary/aromatic N) is 5. The number of carbonyl (C=O) groups is 4. The van der Waals surface area contributed by atoms with Crippen molar-refractivity contribution in [2.24, 2.45) is 0 Å². The number of halogens is 1. The third-order valence-electron chi connectivity index (χ3n) is 7.52. The van der Waals surface area contributed by atoms with Gasteiger partial charge in [0, 0.05) is 33.6 Å². The summed E-state index contributed by atoms with van der Waals surface area (Å²) in [6.07, 6.45) is 5.61. The molecular weight excluding hydrogens is 646 g/mol. The van der Waals surface area contributed by atoms with Crippen LogP contribution in [0.2, 0.25) is 5.02 Å². The number of rotatable bonds is 7. The van der Waals surface area contributed by atoms with Crippen LogP contribution in [0.4, 0.5) is 16.2 Å². The number of carbonyl (C=O) groups excluding carboxylic acids is 4. The molecule has 1 unspecified atom stereocenters. The molecule has 0 fully saturated rings. The standard InChI is InChI=1S/C31H32ClN9O7/c1-46-29(43)22-7-5-4-6-21(36-25(42)13-8-17-14-18(32)9-12-24(17)41-16-33-39-40-41)28-37-26(27(38-28)30(44)47-2)20-11-10-19(15-23(20)35-22)34-31(45)48-3/h8-16,21-22,35H,4-7H2,1-3H3,(H,34,45)(H,36,42)(H,37,38)/t21-,22?/m0/s1. The molecule has 2 atom stereocenters. The molecule has 3 heterocycles. The van der Waals surface area contributed by atoms with E-state index >= 15 is 0 Å². The van der Waals surface area contributed by atoms with Crippen molar-refractivity contribution in [1.29, 1.82) is 0 Å². The Labute approximate surface area is 279 Å². The molecule has 5 rings (SSSR count). The van der Waals surface area contributed by atoms with Crippen molar-refractivity contribution >= 4 is 53.0 Å². The van der Waals surface area contributed by atoms with Gasteiger partial charge in [-0.05, 0) is 65.7 Å². The van der Waals surface area contributed by atoms with Crippen LogP contribution in [0.25, 0.3) is 23.0 Å². The maximum atomic E-state index is 13.3. The van der Waals surface area contributed by atoms with E-state index in [0.29, 0.717) is 64.7 Å². The minimum Gasteiger partial charge on any atom is -0.467 e. The maximum absolute atomic E-state index is 13.3. The van der Waals surface area contributed by atoms with Crippen LogP contribution < -0.4 is 16.0 Å². The Kier molecular flexibility index (Phi) is 10.6. The number of amides is 2. The Morgan fingerprint density at radius 3 is 2.56 bits per heavy atom. The van der Waals surface area contributed by atoms with Crippen molar-refractivity contribution in [3.05, 3.63) is 70.9 Å². The lowest BCUT2D eigenvalue weighted by atomic mass is 10.0. The monoisotopic (exact) mass is 677 g/mol. The molecule has 2 aromatic carbocycles. The van der Waals surface area contributed by atoms with Crippen molar-refractivity contribution in [3.63, 3.8) is 0 Å². The maximum Gasteiger partial charge on any atom is 0.411 e. The summed E-state index contributed by atoms with van der Waals surface area (Å²) in [5, 5.41) is 20.5. The summed E-state index contributed by atoms with van der Waals surface area (Å²) in [6.45, 7) is 0. The highest BCUT2D eigenvalue weighted by Gasteiger charge is 2.29. The molecule has 2 amide bonds. The van der Waals surface area contributed by atoms with Crippen LogP contribution in [-0.4, -0.2) is 81.5 Å². The minimum absolute atomic E-state index is 0.0258. The van der Waals surface area contributed by atoms with Crippen molar-refractivity contribution in [2.75, 3.05) is 32.0 Å². The summed E-state index contributed by atoms with van der Waals surface area (Å²) in [5.74, 6) is -1.33. The zero-order chi connectivity index (χ0) is 34.2. The highest BCUT2D eigenvalue weighted by molar-refractivity contribution is 6.30. The number of aromatic amines is 1. The SMILES string of the molecule is COC(=O)Nc1ccc2c(c1)NC(C(=O)OC)CCCC[C@H](NC(=O)C=Cc1cc(Cl)ccc1-n1cnnn1)c1nc-2c(C(=O)OC)[nH]1. The summed E-state index contributed by atoms with van der Waals surface area (Å²) < 4.78 is 16.3. The molecule has 0 radical (unpaired) electrons. The van der Waals surface area contributed by atoms with Crippen LogP contribution in [0, 0.1) is 0 Å². The number of methoxy groups -OCH3 is 3. The molecule has 1 aliphatic rings. The molecule has 2 bridgehead atoms. The average molecular weight is 678 g/mol. The van der Waals surface area contributed by atoms with Gasteiger partial charge in [-0.25, -0.2) is 19.4 Å². The molecule has 0 saturated heterocycles. The third kappa shape index (κ3) is 7.78. The van der Waals surface area contributed by atoms with Crippen LogP contribution in [0.1, 0.15) is 53.6 Å². The molecule has 4 aromatic rings. The van der Waals surface area contributed by atoms with Gasteiger partial charge in [-0.15, -0.1) is 5.10 Å². The van der Waals surface area contributed by atoms with Crippen LogP contribution in [0.15, 0.2) is 48.8 Å². The van der Waals surface area contributed by atoms with Gasteiger partial charge in [0.05, 0.1) is 33.1 Å². The molecule has 250 valence electrons. The Morgan fingerprint density at radius 1 is 1.02 bits per heavy atom. The van der Waals surface area contributed by atoms with E-state index in [0.717, 1.165) is 0 Å².